The van der Waals surface area contributed by atoms with Gasteiger partial charge in [-0.3, -0.25) is 0 Å². The molecule has 1 unspecified atom stereocenters. The SMILES string of the molecule is C=C(C)CCC(CC1CCC1)NCC. The highest BCUT2D eigenvalue weighted by Gasteiger charge is 2.21. The van der Waals surface area contributed by atoms with Crippen LogP contribution in [-0.4, -0.2) is 12.6 Å². The second-order valence-corrected chi connectivity index (χ2v) is 4.78. The monoisotopic (exact) mass is 195 g/mol. The molecule has 1 heteroatoms. The highest BCUT2D eigenvalue weighted by atomic mass is 14.9. The number of allylic oxidation sites excluding steroid dienone is 1. The maximum Gasteiger partial charge on any atom is 0.00726 e. The van der Waals surface area contributed by atoms with Crippen LogP contribution in [0.4, 0.5) is 0 Å². The minimum Gasteiger partial charge on any atom is -0.314 e. The molecule has 1 N–H and O–H groups in total. The van der Waals surface area contributed by atoms with Gasteiger partial charge in [-0.25, -0.2) is 0 Å². The first-order chi connectivity index (χ1) is 6.72. The molecule has 1 atom stereocenters. The predicted molar refractivity (Wildman–Crippen MR) is 63.5 cm³/mol. The predicted octanol–water partition coefficient (Wildman–Crippen LogP) is 3.51. The van der Waals surface area contributed by atoms with Crippen LogP contribution in [0.2, 0.25) is 0 Å². The molecule has 0 aromatic heterocycles. The lowest BCUT2D eigenvalue weighted by Crippen LogP contribution is -2.32. The van der Waals surface area contributed by atoms with Crippen LogP contribution in [0, 0.1) is 5.92 Å². The summed E-state index contributed by atoms with van der Waals surface area (Å²) in [7, 11) is 0. The molecule has 1 aliphatic carbocycles. The van der Waals surface area contributed by atoms with Gasteiger partial charge in [-0.15, -0.1) is 6.58 Å². The average Bonchev–Trinajstić information content (AvgIpc) is 2.06. The summed E-state index contributed by atoms with van der Waals surface area (Å²) in [4.78, 5) is 0. The maximum atomic E-state index is 3.97. The molecule has 0 aromatic carbocycles. The Labute approximate surface area is 89.0 Å². The van der Waals surface area contributed by atoms with E-state index in [1.54, 1.807) is 0 Å². The van der Waals surface area contributed by atoms with E-state index in [4.69, 9.17) is 0 Å². The van der Waals surface area contributed by atoms with Gasteiger partial charge in [0.25, 0.3) is 0 Å². The molecule has 1 aliphatic rings. The lowest BCUT2D eigenvalue weighted by molar-refractivity contribution is 0.255. The van der Waals surface area contributed by atoms with Gasteiger partial charge in [0.15, 0.2) is 0 Å². The highest BCUT2D eigenvalue weighted by Crippen LogP contribution is 2.31. The van der Waals surface area contributed by atoms with Crippen LogP contribution in [0.25, 0.3) is 0 Å². The van der Waals surface area contributed by atoms with E-state index in [2.05, 4.69) is 25.7 Å². The van der Waals surface area contributed by atoms with E-state index in [0.717, 1.165) is 18.5 Å². The van der Waals surface area contributed by atoms with Gasteiger partial charge in [-0.2, -0.15) is 0 Å². The van der Waals surface area contributed by atoms with E-state index >= 15 is 0 Å². The van der Waals surface area contributed by atoms with Crippen molar-refractivity contribution in [1.82, 2.24) is 5.32 Å². The summed E-state index contributed by atoms with van der Waals surface area (Å²) in [5.74, 6) is 1.02. The zero-order valence-electron chi connectivity index (χ0n) is 9.81. The Morgan fingerprint density at radius 1 is 1.50 bits per heavy atom. The normalized spacial score (nSPS) is 19.0. The fraction of sp³-hybridized carbons (Fsp3) is 0.846. The Morgan fingerprint density at radius 3 is 2.64 bits per heavy atom. The Bertz CT molecular complexity index is 170. The minimum atomic E-state index is 0.738. The number of nitrogens with one attached hydrogen (secondary N) is 1. The van der Waals surface area contributed by atoms with Crippen molar-refractivity contribution in [3.63, 3.8) is 0 Å². The quantitative estimate of drug-likeness (QED) is 0.613. The molecule has 0 spiro atoms. The highest BCUT2D eigenvalue weighted by molar-refractivity contribution is 4.90. The largest absolute Gasteiger partial charge is 0.314 e. The van der Waals surface area contributed by atoms with E-state index in [1.165, 1.54) is 44.1 Å². The standard InChI is InChI=1S/C13H25N/c1-4-14-13(9-8-11(2)3)10-12-6-5-7-12/h12-14H,2,4-10H2,1,3H3. The number of hydrogen-bond donors (Lipinski definition) is 1. The van der Waals surface area contributed by atoms with Crippen LogP contribution in [0.5, 0.6) is 0 Å². The van der Waals surface area contributed by atoms with Gasteiger partial charge in [0.05, 0.1) is 0 Å². The fourth-order valence-electron chi connectivity index (χ4n) is 2.14. The molecule has 0 radical (unpaired) electrons. The zero-order valence-corrected chi connectivity index (χ0v) is 9.81. The van der Waals surface area contributed by atoms with E-state index in [-0.39, 0.29) is 0 Å². The molecule has 0 aromatic rings. The van der Waals surface area contributed by atoms with Crippen LogP contribution in [0.1, 0.15) is 52.4 Å². The molecule has 1 rings (SSSR count). The lowest BCUT2D eigenvalue weighted by Gasteiger charge is -2.30. The van der Waals surface area contributed by atoms with Gasteiger partial charge in [-0.1, -0.05) is 31.8 Å². The van der Waals surface area contributed by atoms with E-state index < -0.39 is 0 Å². The molecular formula is C13H25N. The smallest absolute Gasteiger partial charge is 0.00726 e. The fourth-order valence-corrected chi connectivity index (χ4v) is 2.14. The van der Waals surface area contributed by atoms with Crippen molar-refractivity contribution in [3.05, 3.63) is 12.2 Å². The third-order valence-electron chi connectivity index (χ3n) is 3.25. The molecule has 0 saturated heterocycles. The van der Waals surface area contributed by atoms with Gasteiger partial charge in [-0.05, 0) is 38.6 Å². The van der Waals surface area contributed by atoms with Crippen molar-refractivity contribution in [2.75, 3.05) is 6.54 Å². The zero-order chi connectivity index (χ0) is 10.4. The van der Waals surface area contributed by atoms with Crippen molar-refractivity contribution in [2.45, 2.75) is 58.4 Å². The Hall–Kier alpha value is -0.300. The first-order valence-corrected chi connectivity index (χ1v) is 6.10. The third-order valence-corrected chi connectivity index (χ3v) is 3.25. The van der Waals surface area contributed by atoms with Crippen molar-refractivity contribution < 1.29 is 0 Å². The van der Waals surface area contributed by atoms with Crippen LogP contribution >= 0.6 is 0 Å². The van der Waals surface area contributed by atoms with E-state index in [0.29, 0.717) is 0 Å². The van der Waals surface area contributed by atoms with E-state index in [9.17, 15) is 0 Å². The van der Waals surface area contributed by atoms with Crippen molar-refractivity contribution in [3.8, 4) is 0 Å². The second-order valence-electron chi connectivity index (χ2n) is 4.78. The van der Waals surface area contributed by atoms with E-state index in [1.807, 2.05) is 0 Å². The lowest BCUT2D eigenvalue weighted by atomic mass is 9.80. The first kappa shape index (κ1) is 11.8. The molecule has 0 heterocycles. The van der Waals surface area contributed by atoms with Gasteiger partial charge in [0.1, 0.15) is 0 Å². The Kier molecular flexibility index (Phi) is 5.24. The summed E-state index contributed by atoms with van der Waals surface area (Å²) in [5.41, 5.74) is 1.32. The van der Waals surface area contributed by atoms with Crippen molar-refractivity contribution >= 4 is 0 Å². The maximum absolute atomic E-state index is 3.97. The molecule has 0 amide bonds. The van der Waals surface area contributed by atoms with Crippen LogP contribution in [0.3, 0.4) is 0 Å². The number of hydrogen-bond acceptors (Lipinski definition) is 1. The summed E-state index contributed by atoms with van der Waals surface area (Å²) in [6.45, 7) is 9.41. The first-order valence-electron chi connectivity index (χ1n) is 6.10. The Balaban J connectivity index is 2.18. The van der Waals surface area contributed by atoms with Crippen LogP contribution in [-0.2, 0) is 0 Å². The van der Waals surface area contributed by atoms with Crippen LogP contribution in [0.15, 0.2) is 12.2 Å². The Morgan fingerprint density at radius 2 is 2.21 bits per heavy atom. The summed E-state index contributed by atoms with van der Waals surface area (Å²) >= 11 is 0. The molecule has 14 heavy (non-hydrogen) atoms. The summed E-state index contributed by atoms with van der Waals surface area (Å²) in [5, 5.41) is 3.60. The van der Waals surface area contributed by atoms with Crippen LogP contribution < -0.4 is 5.32 Å². The molecule has 0 bridgehead atoms. The molecular weight excluding hydrogens is 170 g/mol. The summed E-state index contributed by atoms with van der Waals surface area (Å²) < 4.78 is 0. The summed E-state index contributed by atoms with van der Waals surface area (Å²) in [6, 6.07) is 0.738. The number of rotatable bonds is 7. The van der Waals surface area contributed by atoms with Gasteiger partial charge < -0.3 is 5.32 Å². The van der Waals surface area contributed by atoms with Gasteiger partial charge in [0.2, 0.25) is 0 Å². The average molecular weight is 195 g/mol. The van der Waals surface area contributed by atoms with Gasteiger partial charge >= 0.3 is 0 Å². The third kappa shape index (κ3) is 4.28. The molecule has 0 aliphatic heterocycles. The minimum absolute atomic E-state index is 0.738. The summed E-state index contributed by atoms with van der Waals surface area (Å²) in [6.07, 6.45) is 8.25. The van der Waals surface area contributed by atoms with Crippen molar-refractivity contribution in [1.29, 1.82) is 0 Å². The van der Waals surface area contributed by atoms with Gasteiger partial charge in [0, 0.05) is 6.04 Å². The topological polar surface area (TPSA) is 12.0 Å². The molecule has 1 saturated carbocycles. The van der Waals surface area contributed by atoms with Crippen molar-refractivity contribution in [2.24, 2.45) is 5.92 Å². The molecule has 82 valence electrons. The molecule has 1 nitrogen and oxygen atoms in total. The molecule has 1 fully saturated rings. The second kappa shape index (κ2) is 6.23.